The number of nitrogens with one attached hydrogen (secondary N) is 1. The zero-order chi connectivity index (χ0) is 22.5. The Balaban J connectivity index is 1.90. The fraction of sp³-hybridized carbons (Fsp3) is 0.0870. The van der Waals surface area contributed by atoms with Crippen LogP contribution in [0.3, 0.4) is 0 Å². The maximum atomic E-state index is 13.9. The van der Waals surface area contributed by atoms with Crippen LogP contribution in [0.2, 0.25) is 0 Å². The summed E-state index contributed by atoms with van der Waals surface area (Å²) in [5, 5.41) is 6.81. The number of rotatable bonds is 5. The van der Waals surface area contributed by atoms with Crippen molar-refractivity contribution < 1.29 is 13.6 Å². The number of nitrogens with two attached hydrogens (primary N) is 1. The van der Waals surface area contributed by atoms with Crippen LogP contribution in [0.4, 0.5) is 20.4 Å². The summed E-state index contributed by atoms with van der Waals surface area (Å²) in [6, 6.07) is 14.6. The highest BCUT2D eigenvalue weighted by molar-refractivity contribution is 6.07. The molecular formula is C23H19F2N5O. The average Bonchev–Trinajstić information content (AvgIpc) is 3.15. The van der Waals surface area contributed by atoms with E-state index in [0.29, 0.717) is 11.3 Å². The number of anilines is 2. The van der Waals surface area contributed by atoms with Gasteiger partial charge < -0.3 is 11.1 Å². The fourth-order valence-corrected chi connectivity index (χ4v) is 2.94. The summed E-state index contributed by atoms with van der Waals surface area (Å²) < 4.78 is 29.3. The predicted octanol–water partition coefficient (Wildman–Crippen LogP) is 4.40. The first kappa shape index (κ1) is 21.5. The Morgan fingerprint density at radius 2 is 1.94 bits per heavy atom. The number of amides is 1. The van der Waals surface area contributed by atoms with Crippen LogP contribution in [0.25, 0.3) is 22.5 Å². The number of allylic oxidation sites excluding steroid dienone is 2. The quantitative estimate of drug-likeness (QED) is 0.365. The third-order valence-corrected chi connectivity index (χ3v) is 4.46. The van der Waals surface area contributed by atoms with Gasteiger partial charge in [0.1, 0.15) is 23.0 Å². The molecule has 2 aromatic heterocycles. The Morgan fingerprint density at radius 3 is 2.55 bits per heavy atom. The number of carbonyl (C=O) groups is 1. The van der Waals surface area contributed by atoms with Gasteiger partial charge in [-0.05, 0) is 31.0 Å². The number of benzene rings is 1. The highest BCUT2D eigenvalue weighted by Gasteiger charge is 2.21. The summed E-state index contributed by atoms with van der Waals surface area (Å²) in [6.45, 7) is 1.31. The second-order valence-corrected chi connectivity index (χ2v) is 6.46. The molecular weight excluding hydrogens is 400 g/mol. The molecule has 8 heteroatoms. The Kier molecular flexibility index (Phi) is 6.26. The first-order valence-corrected chi connectivity index (χ1v) is 9.22. The van der Waals surface area contributed by atoms with Gasteiger partial charge in [-0.25, -0.2) is 9.37 Å². The van der Waals surface area contributed by atoms with Crippen molar-refractivity contribution in [2.75, 3.05) is 11.1 Å². The standard InChI is InChI=1S/C23H19F2N5O/c1-4-16(24)21(17(25)5-2)23(31)28-20-12-11-15(22(26)27-20)19-13-18(29-30(19)3)14-9-7-6-8-10-14/h1,5-13H,2-3H3,(H3,26,27,28,31)/b17-5+,21-16-. The number of nitrogen functional groups attached to an aromatic ring is 1. The zero-order valence-corrected chi connectivity index (χ0v) is 16.9. The van der Waals surface area contributed by atoms with Crippen LogP contribution in [-0.4, -0.2) is 20.7 Å². The smallest absolute Gasteiger partial charge is 0.263 e. The lowest BCUT2D eigenvalue weighted by atomic mass is 10.1. The molecule has 1 amide bonds. The maximum Gasteiger partial charge on any atom is 0.263 e. The molecule has 0 bridgehead atoms. The third-order valence-electron chi connectivity index (χ3n) is 4.46. The number of hydrogen-bond acceptors (Lipinski definition) is 4. The van der Waals surface area contributed by atoms with Crippen LogP contribution in [0.15, 0.2) is 71.8 Å². The first-order valence-electron chi connectivity index (χ1n) is 9.22. The summed E-state index contributed by atoms with van der Waals surface area (Å²) in [6.07, 6.45) is 5.90. The number of nitrogens with zero attached hydrogens (tertiary/aromatic N) is 3. The van der Waals surface area contributed by atoms with Crippen molar-refractivity contribution in [2.45, 2.75) is 6.92 Å². The molecule has 0 aliphatic carbocycles. The lowest BCUT2D eigenvalue weighted by Crippen LogP contribution is -2.17. The van der Waals surface area contributed by atoms with Crippen molar-refractivity contribution in [3.63, 3.8) is 0 Å². The molecule has 0 fully saturated rings. The molecule has 31 heavy (non-hydrogen) atoms. The molecule has 0 aliphatic rings. The second kappa shape index (κ2) is 9.05. The van der Waals surface area contributed by atoms with Crippen LogP contribution in [0.5, 0.6) is 0 Å². The lowest BCUT2D eigenvalue weighted by Gasteiger charge is -2.10. The monoisotopic (exact) mass is 419 g/mol. The minimum absolute atomic E-state index is 0.0166. The Labute approximate surface area is 178 Å². The van der Waals surface area contributed by atoms with Crippen LogP contribution in [-0.2, 0) is 11.8 Å². The molecule has 0 spiro atoms. The number of terminal acetylenes is 1. The molecule has 156 valence electrons. The molecule has 2 heterocycles. The SMILES string of the molecule is C#C/C(F)=C(C(=O)Nc1ccc(-c2cc(-c3ccccc3)nn2C)c(N)n1)\C(F)=C/C. The molecule has 1 aromatic carbocycles. The second-order valence-electron chi connectivity index (χ2n) is 6.46. The average molecular weight is 419 g/mol. The van der Waals surface area contributed by atoms with E-state index in [2.05, 4.69) is 15.4 Å². The maximum absolute atomic E-state index is 13.9. The molecule has 3 N–H and O–H groups in total. The minimum Gasteiger partial charge on any atom is -0.383 e. The van der Waals surface area contributed by atoms with Gasteiger partial charge in [0.25, 0.3) is 5.91 Å². The molecule has 0 saturated carbocycles. The third kappa shape index (κ3) is 4.51. The molecule has 0 atom stereocenters. The van der Waals surface area contributed by atoms with Gasteiger partial charge in [-0.1, -0.05) is 36.4 Å². The van der Waals surface area contributed by atoms with Gasteiger partial charge in [-0.2, -0.15) is 9.49 Å². The molecule has 0 aliphatic heterocycles. The number of hydrogen-bond donors (Lipinski definition) is 2. The summed E-state index contributed by atoms with van der Waals surface area (Å²) >= 11 is 0. The van der Waals surface area contributed by atoms with Crippen molar-refractivity contribution in [2.24, 2.45) is 7.05 Å². The van der Waals surface area contributed by atoms with Crippen LogP contribution >= 0.6 is 0 Å². The van der Waals surface area contributed by atoms with E-state index in [1.807, 2.05) is 36.4 Å². The first-order chi connectivity index (χ1) is 14.8. The lowest BCUT2D eigenvalue weighted by molar-refractivity contribution is -0.112. The number of aromatic nitrogens is 3. The minimum atomic E-state index is -1.32. The van der Waals surface area contributed by atoms with Gasteiger partial charge >= 0.3 is 0 Å². The van der Waals surface area contributed by atoms with Crippen LogP contribution < -0.4 is 11.1 Å². The van der Waals surface area contributed by atoms with Gasteiger partial charge in [0.05, 0.1) is 11.4 Å². The number of pyridine rings is 1. The fourth-order valence-electron chi connectivity index (χ4n) is 2.94. The van der Waals surface area contributed by atoms with E-state index in [-0.39, 0.29) is 11.6 Å². The topological polar surface area (TPSA) is 85.8 Å². The van der Waals surface area contributed by atoms with Crippen molar-refractivity contribution in [3.05, 3.63) is 71.8 Å². The number of carbonyl (C=O) groups excluding carboxylic acids is 1. The normalized spacial score (nSPS) is 12.2. The van der Waals surface area contributed by atoms with Crippen LogP contribution in [0, 0.1) is 12.3 Å². The summed E-state index contributed by atoms with van der Waals surface area (Å²) in [4.78, 5) is 16.4. The van der Waals surface area contributed by atoms with E-state index in [1.165, 1.54) is 13.0 Å². The predicted molar refractivity (Wildman–Crippen MR) is 117 cm³/mol. The summed E-state index contributed by atoms with van der Waals surface area (Å²) in [5.41, 5.74) is 8.20. The number of aryl methyl sites for hydroxylation is 1. The van der Waals surface area contributed by atoms with E-state index in [1.54, 1.807) is 23.7 Å². The van der Waals surface area contributed by atoms with Gasteiger partial charge in [0, 0.05) is 18.2 Å². The van der Waals surface area contributed by atoms with Crippen molar-refractivity contribution in [1.29, 1.82) is 0 Å². The molecule has 6 nitrogen and oxygen atoms in total. The van der Waals surface area contributed by atoms with Gasteiger partial charge in [-0.15, -0.1) is 6.42 Å². The molecule has 3 aromatic rings. The van der Waals surface area contributed by atoms with E-state index < -0.39 is 23.1 Å². The van der Waals surface area contributed by atoms with Crippen molar-refractivity contribution >= 4 is 17.5 Å². The van der Waals surface area contributed by atoms with E-state index in [0.717, 1.165) is 17.3 Å². The van der Waals surface area contributed by atoms with Gasteiger partial charge in [0.2, 0.25) is 0 Å². The molecule has 3 rings (SSSR count). The van der Waals surface area contributed by atoms with E-state index in [4.69, 9.17) is 12.2 Å². The largest absolute Gasteiger partial charge is 0.383 e. The van der Waals surface area contributed by atoms with Gasteiger partial charge in [-0.3, -0.25) is 9.48 Å². The number of halogens is 2. The van der Waals surface area contributed by atoms with E-state index in [9.17, 15) is 13.6 Å². The Hall–Kier alpha value is -4.25. The molecule has 0 unspecified atom stereocenters. The van der Waals surface area contributed by atoms with E-state index >= 15 is 0 Å². The summed E-state index contributed by atoms with van der Waals surface area (Å²) in [7, 11) is 1.77. The van der Waals surface area contributed by atoms with Gasteiger partial charge in [0.15, 0.2) is 5.83 Å². The summed E-state index contributed by atoms with van der Waals surface area (Å²) in [5.74, 6) is -1.72. The highest BCUT2D eigenvalue weighted by atomic mass is 19.1. The Morgan fingerprint density at radius 1 is 1.23 bits per heavy atom. The van der Waals surface area contributed by atoms with Crippen LogP contribution in [0.1, 0.15) is 6.92 Å². The molecule has 0 saturated heterocycles. The Bertz CT molecular complexity index is 1240. The highest BCUT2D eigenvalue weighted by Crippen LogP contribution is 2.30. The van der Waals surface area contributed by atoms with Crippen molar-refractivity contribution in [1.82, 2.24) is 14.8 Å². The zero-order valence-electron chi connectivity index (χ0n) is 16.9. The molecule has 0 radical (unpaired) electrons. The van der Waals surface area contributed by atoms with Crippen molar-refractivity contribution in [3.8, 4) is 34.9 Å².